The van der Waals surface area contributed by atoms with E-state index in [-0.39, 0.29) is 10.8 Å². The molecule has 0 unspecified atom stereocenters. The molecule has 0 aliphatic rings. The Morgan fingerprint density at radius 3 is 2.64 bits per heavy atom. The van der Waals surface area contributed by atoms with E-state index in [1.165, 1.54) is 17.4 Å². The summed E-state index contributed by atoms with van der Waals surface area (Å²) < 4.78 is 24.1. The zero-order chi connectivity index (χ0) is 16.2. The van der Waals surface area contributed by atoms with Gasteiger partial charge in [-0.1, -0.05) is 35.3 Å². The first-order valence-corrected chi connectivity index (χ1v) is 9.75. The lowest BCUT2D eigenvalue weighted by molar-refractivity contribution is -0.118. The third kappa shape index (κ3) is 5.28. The summed E-state index contributed by atoms with van der Waals surface area (Å²) in [6, 6.07) is 8.32. The zero-order valence-electron chi connectivity index (χ0n) is 11.4. The third-order valence-electron chi connectivity index (χ3n) is 2.78. The highest BCUT2D eigenvalue weighted by Crippen LogP contribution is 2.22. The van der Waals surface area contributed by atoms with Crippen molar-refractivity contribution in [2.24, 2.45) is 0 Å². The molecule has 118 valence electrons. The second kappa shape index (κ2) is 7.46. The molecule has 1 aromatic carbocycles. The van der Waals surface area contributed by atoms with Crippen LogP contribution in [-0.4, -0.2) is 20.1 Å². The smallest absolute Gasteiger partial charge is 0.235 e. The first-order valence-electron chi connectivity index (χ1n) is 6.29. The predicted molar refractivity (Wildman–Crippen MR) is 90.1 cm³/mol. The number of sulfone groups is 1. The van der Waals surface area contributed by atoms with Gasteiger partial charge in [0.25, 0.3) is 0 Å². The van der Waals surface area contributed by atoms with Crippen LogP contribution in [0.3, 0.4) is 0 Å². The van der Waals surface area contributed by atoms with E-state index in [2.05, 4.69) is 5.32 Å². The molecular formula is C14H13Cl2NO3S2. The second-order valence-corrected chi connectivity index (χ2v) is 8.56. The molecule has 0 saturated carbocycles. The maximum Gasteiger partial charge on any atom is 0.235 e. The minimum atomic E-state index is -3.60. The summed E-state index contributed by atoms with van der Waals surface area (Å²) in [6.07, 6.45) is 0. The van der Waals surface area contributed by atoms with Crippen molar-refractivity contribution in [1.29, 1.82) is 0 Å². The van der Waals surface area contributed by atoms with E-state index in [1.54, 1.807) is 12.1 Å². The molecule has 4 nitrogen and oxygen atoms in total. The SMILES string of the molecule is O=C(CS(=O)(=O)Cc1ccc(Cl)cc1Cl)NCc1cccs1. The number of benzene rings is 1. The van der Waals surface area contributed by atoms with Gasteiger partial charge < -0.3 is 5.32 Å². The van der Waals surface area contributed by atoms with Crippen molar-refractivity contribution in [3.63, 3.8) is 0 Å². The van der Waals surface area contributed by atoms with Crippen molar-refractivity contribution in [2.75, 3.05) is 5.75 Å². The number of carbonyl (C=O) groups excluding carboxylic acids is 1. The van der Waals surface area contributed by atoms with E-state index < -0.39 is 21.5 Å². The first kappa shape index (κ1) is 17.3. The highest BCUT2D eigenvalue weighted by atomic mass is 35.5. The van der Waals surface area contributed by atoms with Crippen LogP contribution in [0.15, 0.2) is 35.7 Å². The molecule has 1 N–H and O–H groups in total. The van der Waals surface area contributed by atoms with Crippen molar-refractivity contribution in [2.45, 2.75) is 12.3 Å². The Hall–Kier alpha value is -1.08. The highest BCUT2D eigenvalue weighted by molar-refractivity contribution is 7.91. The fourth-order valence-electron chi connectivity index (χ4n) is 1.78. The van der Waals surface area contributed by atoms with Gasteiger partial charge >= 0.3 is 0 Å². The third-order valence-corrected chi connectivity index (χ3v) is 5.70. The number of halogens is 2. The van der Waals surface area contributed by atoms with Gasteiger partial charge in [0.05, 0.1) is 12.3 Å². The molecule has 0 radical (unpaired) electrons. The number of amides is 1. The molecule has 2 rings (SSSR count). The molecular weight excluding hydrogens is 365 g/mol. The number of carbonyl (C=O) groups is 1. The average molecular weight is 378 g/mol. The lowest BCUT2D eigenvalue weighted by Gasteiger charge is -2.07. The lowest BCUT2D eigenvalue weighted by atomic mass is 10.2. The molecule has 2 aromatic rings. The van der Waals surface area contributed by atoms with E-state index >= 15 is 0 Å². The zero-order valence-corrected chi connectivity index (χ0v) is 14.5. The normalized spacial score (nSPS) is 11.4. The number of nitrogens with one attached hydrogen (secondary N) is 1. The topological polar surface area (TPSA) is 63.2 Å². The molecule has 0 atom stereocenters. The molecule has 0 aliphatic carbocycles. The van der Waals surface area contributed by atoms with E-state index in [0.717, 1.165) is 4.88 Å². The second-order valence-electron chi connectivity index (χ2n) is 4.62. The summed E-state index contributed by atoms with van der Waals surface area (Å²) in [5, 5.41) is 5.18. The van der Waals surface area contributed by atoms with Crippen LogP contribution in [-0.2, 0) is 26.9 Å². The molecule has 1 amide bonds. The monoisotopic (exact) mass is 377 g/mol. The fraction of sp³-hybridized carbons (Fsp3) is 0.214. The van der Waals surface area contributed by atoms with Crippen LogP contribution in [0.5, 0.6) is 0 Å². The minimum Gasteiger partial charge on any atom is -0.350 e. The summed E-state index contributed by atoms with van der Waals surface area (Å²) in [6.45, 7) is 0.327. The van der Waals surface area contributed by atoms with Gasteiger partial charge in [0.1, 0.15) is 5.75 Å². The Kier molecular flexibility index (Phi) is 5.86. The Balaban J connectivity index is 1.94. The number of hydrogen-bond donors (Lipinski definition) is 1. The van der Waals surface area contributed by atoms with Crippen LogP contribution in [0.1, 0.15) is 10.4 Å². The fourth-order valence-corrected chi connectivity index (χ4v) is 4.30. The van der Waals surface area contributed by atoms with Crippen molar-refractivity contribution in [3.05, 3.63) is 56.2 Å². The molecule has 0 spiro atoms. The van der Waals surface area contributed by atoms with E-state index in [0.29, 0.717) is 17.1 Å². The van der Waals surface area contributed by atoms with Gasteiger partial charge in [0.2, 0.25) is 5.91 Å². The molecule has 0 bridgehead atoms. The van der Waals surface area contributed by atoms with E-state index in [4.69, 9.17) is 23.2 Å². The van der Waals surface area contributed by atoms with Crippen molar-refractivity contribution < 1.29 is 13.2 Å². The van der Waals surface area contributed by atoms with Gasteiger partial charge in [-0.3, -0.25) is 4.79 Å². The van der Waals surface area contributed by atoms with Crippen molar-refractivity contribution in [1.82, 2.24) is 5.32 Å². The van der Waals surface area contributed by atoms with E-state index in [9.17, 15) is 13.2 Å². The number of hydrogen-bond acceptors (Lipinski definition) is 4. The standard InChI is InChI=1S/C14H13Cl2NO3S2/c15-11-4-3-10(13(16)6-11)8-22(19,20)9-14(18)17-7-12-2-1-5-21-12/h1-6H,7-9H2,(H,17,18). The Labute approximate surface area is 143 Å². The molecule has 22 heavy (non-hydrogen) atoms. The van der Waals surface area contributed by atoms with Gasteiger partial charge in [-0.25, -0.2) is 8.42 Å². The summed E-state index contributed by atoms with van der Waals surface area (Å²) in [7, 11) is -3.60. The van der Waals surface area contributed by atoms with E-state index in [1.807, 2.05) is 17.5 Å². The summed E-state index contributed by atoms with van der Waals surface area (Å²) >= 11 is 13.2. The van der Waals surface area contributed by atoms with Gasteiger partial charge in [0.15, 0.2) is 9.84 Å². The van der Waals surface area contributed by atoms with Crippen LogP contribution in [0.25, 0.3) is 0 Å². The van der Waals surface area contributed by atoms with Gasteiger partial charge in [-0.05, 0) is 29.1 Å². The molecule has 8 heteroatoms. The van der Waals surface area contributed by atoms with Crippen molar-refractivity contribution >= 4 is 50.3 Å². The number of rotatable bonds is 6. The van der Waals surface area contributed by atoms with Crippen LogP contribution in [0, 0.1) is 0 Å². The summed E-state index contributed by atoms with van der Waals surface area (Å²) in [5.74, 6) is -1.40. The quantitative estimate of drug-likeness (QED) is 0.839. The molecule has 1 aromatic heterocycles. The van der Waals surface area contributed by atoms with Gasteiger partial charge in [0, 0.05) is 14.9 Å². The molecule has 0 aliphatic heterocycles. The first-order chi connectivity index (χ1) is 10.4. The van der Waals surface area contributed by atoms with Gasteiger partial charge in [-0.2, -0.15) is 0 Å². The van der Waals surface area contributed by atoms with Crippen LogP contribution in [0.4, 0.5) is 0 Å². The highest BCUT2D eigenvalue weighted by Gasteiger charge is 2.19. The molecule has 0 fully saturated rings. The minimum absolute atomic E-state index is 0.273. The Bertz CT molecular complexity index is 758. The Morgan fingerprint density at radius 1 is 1.23 bits per heavy atom. The number of thiophene rings is 1. The summed E-state index contributed by atoms with van der Waals surface area (Å²) in [4.78, 5) is 12.7. The van der Waals surface area contributed by atoms with Crippen LogP contribution >= 0.6 is 34.5 Å². The van der Waals surface area contributed by atoms with Crippen LogP contribution in [0.2, 0.25) is 10.0 Å². The molecule has 0 saturated heterocycles. The average Bonchev–Trinajstić information content (AvgIpc) is 2.92. The van der Waals surface area contributed by atoms with Crippen molar-refractivity contribution in [3.8, 4) is 0 Å². The van der Waals surface area contributed by atoms with Crippen LogP contribution < -0.4 is 5.32 Å². The largest absolute Gasteiger partial charge is 0.350 e. The molecule has 1 heterocycles. The van der Waals surface area contributed by atoms with Gasteiger partial charge in [-0.15, -0.1) is 11.3 Å². The predicted octanol–water partition coefficient (Wildman–Crippen LogP) is 3.29. The maximum atomic E-state index is 12.1. The lowest BCUT2D eigenvalue weighted by Crippen LogP contribution is -2.30. The maximum absolute atomic E-state index is 12.1. The Morgan fingerprint density at radius 2 is 2.00 bits per heavy atom. The summed E-state index contributed by atoms with van der Waals surface area (Å²) in [5.41, 5.74) is 0.428.